The molecule has 0 aliphatic heterocycles. The standard InChI is InChI=1S/C12H13F2N3O/c1-17(7-9-5-12(15)16-18-9)6-8-2-3-10(13)11(14)4-8/h2-5H,6-7H2,1H3,(H2,15,16). The highest BCUT2D eigenvalue weighted by molar-refractivity contribution is 5.26. The number of hydrogen-bond acceptors (Lipinski definition) is 4. The first kappa shape index (κ1) is 12.5. The average Bonchev–Trinajstić information content (AvgIpc) is 2.69. The number of anilines is 1. The molecule has 4 nitrogen and oxygen atoms in total. The van der Waals surface area contributed by atoms with Crippen LogP contribution in [0.15, 0.2) is 28.8 Å². The third kappa shape index (κ3) is 3.04. The van der Waals surface area contributed by atoms with E-state index in [9.17, 15) is 8.78 Å². The number of hydrogen-bond donors (Lipinski definition) is 1. The Kier molecular flexibility index (Phi) is 3.57. The zero-order valence-electron chi connectivity index (χ0n) is 9.86. The van der Waals surface area contributed by atoms with Gasteiger partial charge in [0.05, 0.1) is 6.54 Å². The zero-order chi connectivity index (χ0) is 13.1. The van der Waals surface area contributed by atoms with Gasteiger partial charge in [-0.1, -0.05) is 11.2 Å². The molecule has 1 aromatic heterocycles. The first-order valence-electron chi connectivity index (χ1n) is 5.38. The fourth-order valence-corrected chi connectivity index (χ4v) is 1.68. The molecule has 96 valence electrons. The molecule has 0 aliphatic carbocycles. The molecule has 0 spiro atoms. The highest BCUT2D eigenvalue weighted by Gasteiger charge is 2.08. The van der Waals surface area contributed by atoms with E-state index in [-0.39, 0.29) is 0 Å². The summed E-state index contributed by atoms with van der Waals surface area (Å²) in [6.45, 7) is 0.959. The molecule has 2 aromatic rings. The molecular weight excluding hydrogens is 240 g/mol. The van der Waals surface area contributed by atoms with E-state index < -0.39 is 11.6 Å². The number of nitrogens with zero attached hydrogens (tertiary/aromatic N) is 2. The third-order valence-electron chi connectivity index (χ3n) is 2.44. The summed E-state index contributed by atoms with van der Waals surface area (Å²) in [5.74, 6) is -0.738. The van der Waals surface area contributed by atoms with Gasteiger partial charge in [-0.3, -0.25) is 4.90 Å². The van der Waals surface area contributed by atoms with Crippen LogP contribution >= 0.6 is 0 Å². The van der Waals surface area contributed by atoms with Crippen molar-refractivity contribution in [2.24, 2.45) is 0 Å². The van der Waals surface area contributed by atoms with Crippen molar-refractivity contribution in [3.8, 4) is 0 Å². The summed E-state index contributed by atoms with van der Waals surface area (Å²) in [5, 5.41) is 3.57. The van der Waals surface area contributed by atoms with Crippen molar-refractivity contribution in [2.75, 3.05) is 12.8 Å². The molecule has 0 unspecified atom stereocenters. The van der Waals surface area contributed by atoms with E-state index in [1.54, 1.807) is 12.1 Å². The van der Waals surface area contributed by atoms with Gasteiger partial charge in [0.1, 0.15) is 0 Å². The lowest BCUT2D eigenvalue weighted by Gasteiger charge is -2.14. The van der Waals surface area contributed by atoms with E-state index in [1.165, 1.54) is 6.07 Å². The van der Waals surface area contributed by atoms with Crippen LogP contribution in [0.3, 0.4) is 0 Å². The van der Waals surface area contributed by atoms with E-state index in [0.717, 1.165) is 6.07 Å². The maximum absolute atomic E-state index is 13.0. The number of aromatic nitrogens is 1. The number of nitrogens with two attached hydrogens (primary N) is 1. The van der Waals surface area contributed by atoms with Gasteiger partial charge in [0.15, 0.2) is 23.2 Å². The molecule has 18 heavy (non-hydrogen) atoms. The number of benzene rings is 1. The molecule has 0 saturated heterocycles. The van der Waals surface area contributed by atoms with Crippen molar-refractivity contribution in [3.63, 3.8) is 0 Å². The Morgan fingerprint density at radius 1 is 1.22 bits per heavy atom. The van der Waals surface area contributed by atoms with Crippen LogP contribution in [0, 0.1) is 11.6 Å². The van der Waals surface area contributed by atoms with Gasteiger partial charge >= 0.3 is 0 Å². The summed E-state index contributed by atoms with van der Waals surface area (Å²) >= 11 is 0. The number of halogens is 2. The topological polar surface area (TPSA) is 55.3 Å². The van der Waals surface area contributed by atoms with Gasteiger partial charge in [0.25, 0.3) is 0 Å². The van der Waals surface area contributed by atoms with Crippen molar-refractivity contribution < 1.29 is 13.3 Å². The van der Waals surface area contributed by atoms with E-state index in [1.807, 2.05) is 11.9 Å². The van der Waals surface area contributed by atoms with Crippen LogP contribution in [0.4, 0.5) is 14.6 Å². The first-order chi connectivity index (χ1) is 8.54. The second-order valence-electron chi connectivity index (χ2n) is 4.14. The third-order valence-corrected chi connectivity index (χ3v) is 2.44. The molecule has 1 heterocycles. The van der Waals surface area contributed by atoms with Crippen molar-refractivity contribution in [1.82, 2.24) is 10.1 Å². The van der Waals surface area contributed by atoms with Crippen LogP contribution in [0.2, 0.25) is 0 Å². The average molecular weight is 253 g/mol. The summed E-state index contributed by atoms with van der Waals surface area (Å²) in [4.78, 5) is 1.88. The molecule has 0 aliphatic rings. The molecule has 1 aromatic carbocycles. The Morgan fingerprint density at radius 2 is 2.00 bits per heavy atom. The van der Waals surface area contributed by atoms with Crippen LogP contribution < -0.4 is 5.73 Å². The molecular formula is C12H13F2N3O. The van der Waals surface area contributed by atoms with Crippen LogP contribution in [0.5, 0.6) is 0 Å². The summed E-state index contributed by atoms with van der Waals surface area (Å²) in [5.41, 5.74) is 6.11. The van der Waals surface area contributed by atoms with Gasteiger partial charge in [-0.15, -0.1) is 0 Å². The SMILES string of the molecule is CN(Cc1ccc(F)c(F)c1)Cc1cc(N)no1. The zero-order valence-corrected chi connectivity index (χ0v) is 9.86. The maximum atomic E-state index is 13.0. The summed E-state index contributed by atoms with van der Waals surface area (Å²) in [6.07, 6.45) is 0. The Labute approximate surface area is 103 Å². The van der Waals surface area contributed by atoms with Crippen LogP contribution in [0.25, 0.3) is 0 Å². The molecule has 0 amide bonds. The van der Waals surface area contributed by atoms with Crippen molar-refractivity contribution in [1.29, 1.82) is 0 Å². The van der Waals surface area contributed by atoms with E-state index >= 15 is 0 Å². The smallest absolute Gasteiger partial charge is 0.167 e. The number of rotatable bonds is 4. The molecule has 2 rings (SSSR count). The molecule has 0 bridgehead atoms. The second kappa shape index (κ2) is 5.14. The molecule has 0 atom stereocenters. The van der Waals surface area contributed by atoms with Crippen LogP contribution in [-0.4, -0.2) is 17.1 Å². The highest BCUT2D eigenvalue weighted by atomic mass is 19.2. The predicted molar refractivity (Wildman–Crippen MR) is 62.4 cm³/mol. The normalized spacial score (nSPS) is 11.1. The van der Waals surface area contributed by atoms with Crippen LogP contribution in [0.1, 0.15) is 11.3 Å². The Balaban J connectivity index is 1.98. The van der Waals surface area contributed by atoms with Gasteiger partial charge in [-0.05, 0) is 24.7 Å². The van der Waals surface area contributed by atoms with Crippen molar-refractivity contribution in [2.45, 2.75) is 13.1 Å². The Morgan fingerprint density at radius 3 is 2.61 bits per heavy atom. The van der Waals surface area contributed by atoms with Gasteiger partial charge in [0, 0.05) is 12.6 Å². The summed E-state index contributed by atoms with van der Waals surface area (Å²) < 4.78 is 30.7. The maximum Gasteiger partial charge on any atom is 0.167 e. The summed E-state index contributed by atoms with van der Waals surface area (Å²) in [6, 6.07) is 5.47. The van der Waals surface area contributed by atoms with Gasteiger partial charge in [-0.2, -0.15) is 0 Å². The lowest BCUT2D eigenvalue weighted by atomic mass is 10.2. The second-order valence-corrected chi connectivity index (χ2v) is 4.14. The van der Waals surface area contributed by atoms with Gasteiger partial charge in [0.2, 0.25) is 0 Å². The first-order valence-corrected chi connectivity index (χ1v) is 5.38. The van der Waals surface area contributed by atoms with Crippen LogP contribution in [-0.2, 0) is 13.1 Å². The fraction of sp³-hybridized carbons (Fsp3) is 0.250. The van der Waals surface area contributed by atoms with Crippen molar-refractivity contribution >= 4 is 5.82 Å². The highest BCUT2D eigenvalue weighted by Crippen LogP contribution is 2.13. The largest absolute Gasteiger partial charge is 0.381 e. The minimum absolute atomic E-state index is 0.325. The minimum atomic E-state index is -0.843. The summed E-state index contributed by atoms with van der Waals surface area (Å²) in [7, 11) is 1.83. The van der Waals surface area contributed by atoms with Crippen molar-refractivity contribution in [3.05, 3.63) is 47.2 Å². The molecule has 0 fully saturated rings. The minimum Gasteiger partial charge on any atom is -0.381 e. The van der Waals surface area contributed by atoms with Gasteiger partial charge in [-0.25, -0.2) is 8.78 Å². The van der Waals surface area contributed by atoms with Gasteiger partial charge < -0.3 is 10.3 Å². The lowest BCUT2D eigenvalue weighted by Crippen LogP contribution is -2.17. The molecule has 6 heteroatoms. The van der Waals surface area contributed by atoms with E-state index in [2.05, 4.69) is 5.16 Å². The lowest BCUT2D eigenvalue weighted by molar-refractivity contribution is 0.266. The fourth-order valence-electron chi connectivity index (χ4n) is 1.68. The quantitative estimate of drug-likeness (QED) is 0.907. The predicted octanol–water partition coefficient (Wildman–Crippen LogP) is 2.17. The van der Waals surface area contributed by atoms with E-state index in [4.69, 9.17) is 10.3 Å². The molecule has 2 N–H and O–H groups in total. The molecule has 0 saturated carbocycles. The Bertz CT molecular complexity index is 542. The number of nitrogen functional groups attached to an aromatic ring is 1. The Hall–Kier alpha value is -1.95. The van der Waals surface area contributed by atoms with E-state index in [0.29, 0.717) is 30.2 Å². The monoisotopic (exact) mass is 253 g/mol. The molecule has 0 radical (unpaired) electrons.